The van der Waals surface area contributed by atoms with Gasteiger partial charge in [-0.3, -0.25) is 9.45 Å². The summed E-state index contributed by atoms with van der Waals surface area (Å²) in [5.41, 5.74) is 0. The molecule has 0 saturated heterocycles. The first-order valence-corrected chi connectivity index (χ1v) is 6.72. The number of rotatable bonds is 4. The molecule has 10 heteroatoms. The quantitative estimate of drug-likeness (QED) is 0.434. The zero-order valence-electron chi connectivity index (χ0n) is 11.3. The molecule has 1 heterocycles. The Labute approximate surface area is 112 Å². The van der Waals surface area contributed by atoms with Gasteiger partial charge in [0.2, 0.25) is 10.4 Å². The second-order valence-electron chi connectivity index (χ2n) is 3.63. The Morgan fingerprint density at radius 1 is 1.37 bits per heavy atom. The predicted molar refractivity (Wildman–Crippen MR) is 65.0 cm³/mol. The van der Waals surface area contributed by atoms with E-state index >= 15 is 0 Å². The van der Waals surface area contributed by atoms with Crippen LogP contribution in [-0.4, -0.2) is 75.9 Å². The molecule has 112 valence electrons. The van der Waals surface area contributed by atoms with Crippen LogP contribution in [0.2, 0.25) is 0 Å². The number of nitrogens with zero attached hydrogens (tertiary/aromatic N) is 2. The van der Waals surface area contributed by atoms with E-state index in [0.29, 0.717) is 13.1 Å². The van der Waals surface area contributed by atoms with Gasteiger partial charge in [-0.15, -0.1) is 0 Å². The van der Waals surface area contributed by atoms with Gasteiger partial charge in [-0.1, -0.05) is 0 Å². The number of carbonyl (C=O) groups excluding carboxylic acids is 1. The maximum absolute atomic E-state index is 11.7. The topological polar surface area (TPSA) is 141 Å². The Hall–Kier alpha value is -1.20. The molecule has 0 aliphatic carbocycles. The van der Waals surface area contributed by atoms with E-state index in [1.54, 1.807) is 11.1 Å². The fraction of sp³-hybridized carbons (Fsp3) is 0.667. The third kappa shape index (κ3) is 7.74. The second kappa shape index (κ2) is 8.07. The van der Waals surface area contributed by atoms with E-state index in [2.05, 4.69) is 0 Å². The molecule has 19 heavy (non-hydrogen) atoms. The van der Waals surface area contributed by atoms with Crippen molar-refractivity contribution in [1.82, 2.24) is 9.80 Å². The Bertz CT molecular complexity index is 407. The van der Waals surface area contributed by atoms with Gasteiger partial charge in [0, 0.05) is 12.7 Å². The number of amides is 2. The number of hydrogen-bond donors (Lipinski definition) is 3. The van der Waals surface area contributed by atoms with Crippen LogP contribution in [0.5, 0.6) is 0 Å². The van der Waals surface area contributed by atoms with Gasteiger partial charge in [-0.05, 0) is 13.0 Å². The highest BCUT2D eigenvalue weighted by Crippen LogP contribution is 2.12. The molecule has 0 bridgehead atoms. The zero-order valence-corrected chi connectivity index (χ0v) is 11.2. The second-order valence-corrected chi connectivity index (χ2v) is 4.48. The minimum absolute atomic E-state index is 0. The Balaban J connectivity index is 0. The van der Waals surface area contributed by atoms with Crippen molar-refractivity contribution in [3.63, 3.8) is 0 Å². The molecule has 3 N–H and O–H groups in total. The fourth-order valence-electron chi connectivity index (χ4n) is 1.42. The minimum atomic E-state index is -4.92. The average Bonchev–Trinajstić information content (AvgIpc) is 2.26. The molecule has 0 aromatic heterocycles. The summed E-state index contributed by atoms with van der Waals surface area (Å²) in [7, 11) is -4.92. The molecule has 1 unspecified atom stereocenters. The minimum Gasteiger partial charge on any atom is -0.726 e. The first kappa shape index (κ1) is 17.8. The third-order valence-corrected chi connectivity index (χ3v) is 2.21. The summed E-state index contributed by atoms with van der Waals surface area (Å²) >= 11 is 0. The van der Waals surface area contributed by atoms with E-state index in [1.807, 2.05) is 13.0 Å². The van der Waals surface area contributed by atoms with Gasteiger partial charge in [0.25, 0.3) is 0 Å². The van der Waals surface area contributed by atoms with Crippen LogP contribution in [0.15, 0.2) is 12.3 Å². The lowest BCUT2D eigenvalue weighted by Crippen LogP contribution is -2.49. The molecule has 1 aliphatic heterocycles. The summed E-state index contributed by atoms with van der Waals surface area (Å²) in [5.74, 6) is 0. The fourth-order valence-corrected chi connectivity index (χ4v) is 1.42. The lowest BCUT2D eigenvalue weighted by Gasteiger charge is -2.35. The highest BCUT2D eigenvalue weighted by Gasteiger charge is 2.25. The molecule has 0 aromatic carbocycles. The Kier molecular flexibility index (Phi) is 7.56. The van der Waals surface area contributed by atoms with Crippen LogP contribution in [0.25, 0.3) is 0 Å². The van der Waals surface area contributed by atoms with E-state index in [0.717, 1.165) is 0 Å². The first-order valence-electron chi connectivity index (χ1n) is 5.36. The summed E-state index contributed by atoms with van der Waals surface area (Å²) in [4.78, 5) is 14.7. The summed E-state index contributed by atoms with van der Waals surface area (Å²) in [6.45, 7) is 2.41. The van der Waals surface area contributed by atoms with Crippen molar-refractivity contribution in [3.05, 3.63) is 12.3 Å². The highest BCUT2D eigenvalue weighted by molar-refractivity contribution is 7.79. The zero-order chi connectivity index (χ0) is 15.1. The van der Waals surface area contributed by atoms with E-state index in [1.165, 1.54) is 4.90 Å². The van der Waals surface area contributed by atoms with Gasteiger partial charge in [-0.25, -0.2) is 13.2 Å². The lowest BCUT2D eigenvalue weighted by atomic mass is 10.2. The maximum Gasteiger partial charge on any atom is 1.00 e. The van der Waals surface area contributed by atoms with Crippen LogP contribution < -0.4 is 0 Å². The number of urea groups is 1. The monoisotopic (exact) mass is 298 g/mol. The third-order valence-electron chi connectivity index (χ3n) is 2.21. The van der Waals surface area contributed by atoms with Gasteiger partial charge in [-0.2, -0.15) is 0 Å². The Morgan fingerprint density at radius 2 is 1.84 bits per heavy atom. The molecule has 1 atom stereocenters. The van der Waals surface area contributed by atoms with Crippen molar-refractivity contribution in [2.24, 2.45) is 0 Å². The van der Waals surface area contributed by atoms with Gasteiger partial charge >= 0.3 is 7.46 Å². The van der Waals surface area contributed by atoms with Gasteiger partial charge in [0.15, 0.2) is 0 Å². The highest BCUT2D eigenvalue weighted by atomic mass is 32.3. The van der Waals surface area contributed by atoms with E-state index < -0.39 is 10.4 Å². The standard InChI is InChI=1S/C9H16N2O3.H2O4S/c1-8-2-3-10(4-6-12)9(14)11(8)5-7-13;1-5(2,3)4/h2-3,8,12-13H,4-7H2,1H3;(H2,1,2,3,4). The number of aliphatic hydroxyl groups excluding tert-OH is 2. The Morgan fingerprint density at radius 3 is 2.26 bits per heavy atom. The smallest absolute Gasteiger partial charge is 0.726 e. The molecular weight excluding hydrogens is 280 g/mol. The normalized spacial score (nSPS) is 19.2. The van der Waals surface area contributed by atoms with E-state index in [9.17, 15) is 4.79 Å². The number of hydrogen-bond acceptors (Lipinski definition) is 6. The van der Waals surface area contributed by atoms with Crippen molar-refractivity contribution >= 4 is 16.4 Å². The predicted octanol–water partition coefficient (Wildman–Crippen LogP) is -1.27. The molecule has 0 aromatic rings. The van der Waals surface area contributed by atoms with Crippen LogP contribution in [0.1, 0.15) is 8.35 Å². The van der Waals surface area contributed by atoms with Crippen LogP contribution in [0.4, 0.5) is 4.79 Å². The van der Waals surface area contributed by atoms with Gasteiger partial charge in [0.05, 0.1) is 25.8 Å². The molecule has 1 rings (SSSR count). The molecule has 0 fully saturated rings. The number of β-amino-alcohol motifs (C(OH)–C–C–N with tert-alkyl or cyclic N) is 2. The maximum atomic E-state index is 11.7. The summed E-state index contributed by atoms with van der Waals surface area (Å²) in [6, 6.07) is -0.160. The average molecular weight is 298 g/mol. The van der Waals surface area contributed by atoms with Crippen molar-refractivity contribution < 1.29 is 34.0 Å². The van der Waals surface area contributed by atoms with Gasteiger partial charge in [0.1, 0.15) is 0 Å². The van der Waals surface area contributed by atoms with Crippen LogP contribution in [0.3, 0.4) is 0 Å². The lowest BCUT2D eigenvalue weighted by molar-refractivity contribution is 0.129. The van der Waals surface area contributed by atoms with E-state index in [4.69, 9.17) is 27.7 Å². The number of aliphatic hydroxyl groups is 2. The first-order chi connectivity index (χ1) is 8.70. The van der Waals surface area contributed by atoms with Crippen molar-refractivity contribution in [1.29, 1.82) is 0 Å². The summed E-state index contributed by atoms with van der Waals surface area (Å²) < 4.78 is 32.8. The molecule has 1 aliphatic rings. The summed E-state index contributed by atoms with van der Waals surface area (Å²) in [6.07, 6.45) is 3.55. The number of carbonyl (C=O) groups is 1. The van der Waals surface area contributed by atoms with Crippen LogP contribution in [0, 0.1) is 0 Å². The molecule has 0 radical (unpaired) electrons. The van der Waals surface area contributed by atoms with Crippen molar-refractivity contribution in [3.8, 4) is 0 Å². The largest absolute Gasteiger partial charge is 1.00 e. The van der Waals surface area contributed by atoms with Crippen molar-refractivity contribution in [2.45, 2.75) is 13.0 Å². The summed E-state index contributed by atoms with van der Waals surface area (Å²) in [5, 5.41) is 17.5. The molecule has 0 spiro atoms. The van der Waals surface area contributed by atoms with Gasteiger partial charge < -0.3 is 19.7 Å². The molecular formula is C9H18N2O7S. The van der Waals surface area contributed by atoms with Crippen molar-refractivity contribution in [2.75, 3.05) is 26.3 Å². The molecule has 2 amide bonds. The SMILES string of the molecule is CC1C=CN(CCO)C(=O)N1CCO.O=S(=O)([O-])O.[H+]. The van der Waals surface area contributed by atoms with Crippen LogP contribution >= 0.6 is 0 Å². The molecule has 9 nitrogen and oxygen atoms in total. The van der Waals surface area contributed by atoms with E-state index in [-0.39, 0.29) is 26.7 Å². The molecule has 0 saturated carbocycles. The van der Waals surface area contributed by atoms with Crippen LogP contribution in [-0.2, 0) is 10.4 Å².